The van der Waals surface area contributed by atoms with Gasteiger partial charge in [0, 0.05) is 18.8 Å². The molecule has 0 bridgehead atoms. The lowest BCUT2D eigenvalue weighted by Crippen LogP contribution is -2.36. The van der Waals surface area contributed by atoms with Crippen molar-refractivity contribution in [2.45, 2.75) is 31.9 Å². The molecule has 1 amide bonds. The molecule has 1 atom stereocenters. The van der Waals surface area contributed by atoms with E-state index in [9.17, 15) is 9.59 Å². The highest BCUT2D eigenvalue weighted by Gasteiger charge is 2.15. The minimum atomic E-state index is -0.541. The second kappa shape index (κ2) is 9.92. The first kappa shape index (κ1) is 17.4. The highest BCUT2D eigenvalue weighted by Crippen LogP contribution is 2.11. The Balaban J connectivity index is 2.10. The lowest BCUT2D eigenvalue weighted by atomic mass is 10.1. The zero-order chi connectivity index (χ0) is 16.3. The summed E-state index contributed by atoms with van der Waals surface area (Å²) in [6, 6.07) is 6.77. The quantitative estimate of drug-likeness (QED) is 0.637. The van der Waals surface area contributed by atoms with Crippen molar-refractivity contribution in [1.82, 2.24) is 5.32 Å². The molecule has 1 aromatic rings. The number of aldehydes is 1. The standard InChI is InChI=1S/C18H23NO4/c20-13-16-8-3-4-10-22-11-5-6-12-23-14-15-7-1-2-9-17(15)18(21)19-16/h1-4,7,9,13,16H,5-6,8,10-12,14H2,(H,19,21)/t16-/m0/s1. The molecule has 1 aliphatic rings. The van der Waals surface area contributed by atoms with E-state index in [-0.39, 0.29) is 5.91 Å². The second-order valence-electron chi connectivity index (χ2n) is 5.41. The average Bonchev–Trinajstić information content (AvgIpc) is 2.57. The molecule has 0 saturated heterocycles. The number of amides is 1. The topological polar surface area (TPSA) is 64.6 Å². The van der Waals surface area contributed by atoms with E-state index < -0.39 is 6.04 Å². The third-order valence-electron chi connectivity index (χ3n) is 3.60. The van der Waals surface area contributed by atoms with Crippen molar-refractivity contribution < 1.29 is 19.1 Å². The third-order valence-corrected chi connectivity index (χ3v) is 3.60. The molecule has 0 aliphatic carbocycles. The van der Waals surface area contributed by atoms with Gasteiger partial charge < -0.3 is 19.6 Å². The first-order valence-electron chi connectivity index (χ1n) is 7.96. The molecule has 0 unspecified atom stereocenters. The van der Waals surface area contributed by atoms with Gasteiger partial charge in [0.2, 0.25) is 0 Å². The molecule has 2 rings (SSSR count). The third kappa shape index (κ3) is 5.96. The van der Waals surface area contributed by atoms with Gasteiger partial charge in [0.25, 0.3) is 5.91 Å². The smallest absolute Gasteiger partial charge is 0.252 e. The van der Waals surface area contributed by atoms with Crippen LogP contribution in [0.1, 0.15) is 35.2 Å². The minimum absolute atomic E-state index is 0.252. The zero-order valence-electron chi connectivity index (χ0n) is 13.2. The second-order valence-corrected chi connectivity index (χ2v) is 5.41. The summed E-state index contributed by atoms with van der Waals surface area (Å²) in [4.78, 5) is 23.5. The molecule has 1 heterocycles. The van der Waals surface area contributed by atoms with Gasteiger partial charge in [0.05, 0.1) is 19.3 Å². The van der Waals surface area contributed by atoms with Gasteiger partial charge in [-0.1, -0.05) is 30.4 Å². The lowest BCUT2D eigenvalue weighted by Gasteiger charge is -2.14. The predicted molar refractivity (Wildman–Crippen MR) is 87.2 cm³/mol. The number of carbonyl (C=O) groups is 2. The Hall–Kier alpha value is -1.98. The number of hydrogen-bond acceptors (Lipinski definition) is 4. The summed E-state index contributed by atoms with van der Waals surface area (Å²) in [7, 11) is 0. The maximum absolute atomic E-state index is 12.4. The Labute approximate surface area is 136 Å². The Bertz CT molecular complexity index is 542. The van der Waals surface area contributed by atoms with Gasteiger partial charge in [0.15, 0.2) is 0 Å². The lowest BCUT2D eigenvalue weighted by molar-refractivity contribution is -0.109. The summed E-state index contributed by atoms with van der Waals surface area (Å²) in [6.07, 6.45) is 6.81. The number of hydrogen-bond donors (Lipinski definition) is 1. The number of benzene rings is 1. The van der Waals surface area contributed by atoms with Gasteiger partial charge in [-0.25, -0.2) is 0 Å². The van der Waals surface area contributed by atoms with Crippen LogP contribution in [0, 0.1) is 0 Å². The van der Waals surface area contributed by atoms with Crippen LogP contribution in [0.25, 0.3) is 0 Å². The summed E-state index contributed by atoms with van der Waals surface area (Å²) < 4.78 is 11.1. The molecule has 0 spiro atoms. The van der Waals surface area contributed by atoms with E-state index in [4.69, 9.17) is 9.47 Å². The Morgan fingerprint density at radius 1 is 1.09 bits per heavy atom. The van der Waals surface area contributed by atoms with Crippen molar-refractivity contribution in [3.63, 3.8) is 0 Å². The molecular weight excluding hydrogens is 294 g/mol. The van der Waals surface area contributed by atoms with E-state index in [1.54, 1.807) is 6.07 Å². The van der Waals surface area contributed by atoms with E-state index in [0.29, 0.717) is 38.4 Å². The molecule has 5 heteroatoms. The molecule has 0 radical (unpaired) electrons. The van der Waals surface area contributed by atoms with Crippen LogP contribution in [0.5, 0.6) is 0 Å². The fourth-order valence-electron chi connectivity index (χ4n) is 2.31. The molecule has 1 aliphatic heterocycles. The molecular formula is C18H23NO4. The molecule has 1 N–H and O–H groups in total. The van der Waals surface area contributed by atoms with Crippen LogP contribution in [0.3, 0.4) is 0 Å². The van der Waals surface area contributed by atoms with Crippen molar-refractivity contribution in [2.24, 2.45) is 0 Å². The van der Waals surface area contributed by atoms with Gasteiger partial charge in [0.1, 0.15) is 6.29 Å². The SMILES string of the molecule is O=C[C@@H]1CC=CCOCCCCOCc2ccccc2C(=O)N1. The number of nitrogens with one attached hydrogen (secondary N) is 1. The fraction of sp³-hybridized carbons (Fsp3) is 0.444. The Morgan fingerprint density at radius 2 is 1.87 bits per heavy atom. The van der Waals surface area contributed by atoms with E-state index in [0.717, 1.165) is 24.7 Å². The van der Waals surface area contributed by atoms with Crippen LogP contribution in [0.4, 0.5) is 0 Å². The molecule has 5 nitrogen and oxygen atoms in total. The van der Waals surface area contributed by atoms with E-state index in [2.05, 4.69) is 5.32 Å². The van der Waals surface area contributed by atoms with Crippen molar-refractivity contribution in [3.05, 3.63) is 47.5 Å². The number of ether oxygens (including phenoxy) is 2. The Kier molecular flexibility index (Phi) is 7.49. The first-order valence-corrected chi connectivity index (χ1v) is 7.96. The van der Waals surface area contributed by atoms with Crippen LogP contribution >= 0.6 is 0 Å². The van der Waals surface area contributed by atoms with Crippen molar-refractivity contribution in [3.8, 4) is 0 Å². The summed E-state index contributed by atoms with van der Waals surface area (Å²) in [5.74, 6) is -0.252. The molecule has 124 valence electrons. The summed E-state index contributed by atoms with van der Waals surface area (Å²) in [6.45, 7) is 2.23. The zero-order valence-corrected chi connectivity index (χ0v) is 13.2. The van der Waals surface area contributed by atoms with E-state index in [1.165, 1.54) is 0 Å². The normalized spacial score (nSPS) is 21.2. The minimum Gasteiger partial charge on any atom is -0.377 e. The van der Waals surface area contributed by atoms with Crippen LogP contribution in [-0.2, 0) is 20.9 Å². The first-order chi connectivity index (χ1) is 11.3. The number of carbonyl (C=O) groups excluding carboxylic acids is 2. The maximum Gasteiger partial charge on any atom is 0.252 e. The Morgan fingerprint density at radius 3 is 2.70 bits per heavy atom. The summed E-state index contributed by atoms with van der Waals surface area (Å²) in [5, 5.41) is 2.75. The van der Waals surface area contributed by atoms with Gasteiger partial charge in [-0.2, -0.15) is 0 Å². The molecule has 0 fully saturated rings. The average molecular weight is 317 g/mol. The van der Waals surface area contributed by atoms with Gasteiger partial charge >= 0.3 is 0 Å². The number of fused-ring (bicyclic) bond motifs is 1. The van der Waals surface area contributed by atoms with Gasteiger partial charge in [-0.05, 0) is 30.9 Å². The predicted octanol–water partition coefficient (Wildman–Crippen LogP) is 2.26. The fourth-order valence-corrected chi connectivity index (χ4v) is 2.31. The number of rotatable bonds is 1. The van der Waals surface area contributed by atoms with Crippen LogP contribution in [-0.4, -0.2) is 38.1 Å². The van der Waals surface area contributed by atoms with Crippen LogP contribution < -0.4 is 5.32 Å². The monoisotopic (exact) mass is 317 g/mol. The summed E-state index contributed by atoms with van der Waals surface area (Å²) >= 11 is 0. The van der Waals surface area contributed by atoms with Crippen LogP contribution in [0.15, 0.2) is 36.4 Å². The maximum atomic E-state index is 12.4. The molecule has 23 heavy (non-hydrogen) atoms. The van der Waals surface area contributed by atoms with E-state index in [1.807, 2.05) is 30.4 Å². The van der Waals surface area contributed by atoms with Gasteiger partial charge in [-0.15, -0.1) is 0 Å². The summed E-state index contributed by atoms with van der Waals surface area (Å²) in [5.41, 5.74) is 1.38. The highest BCUT2D eigenvalue weighted by atomic mass is 16.5. The van der Waals surface area contributed by atoms with Crippen molar-refractivity contribution >= 4 is 12.2 Å². The molecule has 0 aromatic heterocycles. The van der Waals surface area contributed by atoms with Crippen molar-refractivity contribution in [2.75, 3.05) is 19.8 Å². The van der Waals surface area contributed by atoms with Crippen LogP contribution in [0.2, 0.25) is 0 Å². The van der Waals surface area contributed by atoms with Crippen molar-refractivity contribution in [1.29, 1.82) is 0 Å². The molecule has 1 aromatic carbocycles. The van der Waals surface area contributed by atoms with Gasteiger partial charge in [-0.3, -0.25) is 4.79 Å². The van der Waals surface area contributed by atoms with E-state index >= 15 is 0 Å². The molecule has 0 saturated carbocycles. The highest BCUT2D eigenvalue weighted by molar-refractivity contribution is 5.97. The largest absolute Gasteiger partial charge is 0.377 e.